The number of rotatable bonds is 6. The number of nitrogens with zero attached hydrogens (tertiary/aromatic N) is 4. The summed E-state index contributed by atoms with van der Waals surface area (Å²) in [6.07, 6.45) is 4.56. The summed E-state index contributed by atoms with van der Waals surface area (Å²) in [4.78, 5) is 29.1. The van der Waals surface area contributed by atoms with Crippen LogP contribution in [0.4, 0.5) is 10.3 Å². The highest BCUT2D eigenvalue weighted by Gasteiger charge is 2.36. The van der Waals surface area contributed by atoms with Crippen LogP contribution in [-0.4, -0.2) is 58.1 Å². The lowest BCUT2D eigenvalue weighted by molar-refractivity contribution is -0.00768. The topological polar surface area (TPSA) is 80.2 Å². The van der Waals surface area contributed by atoms with Crippen molar-refractivity contribution in [1.82, 2.24) is 19.9 Å². The Morgan fingerprint density at radius 3 is 2.72 bits per heavy atom. The van der Waals surface area contributed by atoms with E-state index in [4.69, 9.17) is 16.3 Å². The van der Waals surface area contributed by atoms with Crippen LogP contribution in [-0.2, 0) is 4.74 Å². The number of piperidine rings is 1. The van der Waals surface area contributed by atoms with E-state index in [1.807, 2.05) is 11.8 Å². The molecule has 1 aliphatic heterocycles. The third-order valence-corrected chi connectivity index (χ3v) is 6.63. The summed E-state index contributed by atoms with van der Waals surface area (Å²) in [5, 5.41) is 4.41. The van der Waals surface area contributed by atoms with Crippen LogP contribution < -0.4 is 5.32 Å². The zero-order chi connectivity index (χ0) is 22.7. The first-order valence-corrected chi connectivity index (χ1v) is 11.4. The number of thiazole rings is 1. The van der Waals surface area contributed by atoms with Gasteiger partial charge < -0.3 is 15.0 Å². The van der Waals surface area contributed by atoms with Gasteiger partial charge in [-0.25, -0.2) is 19.3 Å². The van der Waals surface area contributed by atoms with Crippen molar-refractivity contribution >= 4 is 34.8 Å². The van der Waals surface area contributed by atoms with Crippen LogP contribution in [0.5, 0.6) is 0 Å². The maximum Gasteiger partial charge on any atom is 0.274 e. The lowest BCUT2D eigenvalue weighted by atomic mass is 9.97. The van der Waals surface area contributed by atoms with Crippen LogP contribution in [0.15, 0.2) is 36.7 Å². The van der Waals surface area contributed by atoms with E-state index in [0.29, 0.717) is 29.8 Å². The SMILES string of the molecule is COC1CCCN(C(=O)c2nc(C)sc2-c2ccc(F)cc2)C1CNc1ncc(Cl)cn1. The number of methoxy groups -OCH3 is 1. The van der Waals surface area contributed by atoms with E-state index in [1.165, 1.54) is 35.9 Å². The van der Waals surface area contributed by atoms with E-state index in [9.17, 15) is 9.18 Å². The number of halogens is 2. The zero-order valence-electron chi connectivity index (χ0n) is 17.7. The molecule has 0 radical (unpaired) electrons. The largest absolute Gasteiger partial charge is 0.379 e. The number of anilines is 1. The van der Waals surface area contributed by atoms with Crippen LogP contribution in [0, 0.1) is 12.7 Å². The third kappa shape index (κ3) is 4.90. The molecule has 1 N–H and O–H groups in total. The number of ether oxygens (including phenoxy) is 1. The Kier molecular flexibility index (Phi) is 6.98. The summed E-state index contributed by atoms with van der Waals surface area (Å²) < 4.78 is 19.1. The van der Waals surface area contributed by atoms with Gasteiger partial charge in [0.1, 0.15) is 11.5 Å². The lowest BCUT2D eigenvalue weighted by Gasteiger charge is -2.40. The minimum absolute atomic E-state index is 0.137. The van der Waals surface area contributed by atoms with Crippen LogP contribution in [0.25, 0.3) is 10.4 Å². The van der Waals surface area contributed by atoms with Gasteiger partial charge in [-0.05, 0) is 37.5 Å². The highest BCUT2D eigenvalue weighted by Crippen LogP contribution is 2.33. The first kappa shape index (κ1) is 22.6. The van der Waals surface area contributed by atoms with Crippen LogP contribution in [0.1, 0.15) is 28.3 Å². The number of hydrogen-bond donors (Lipinski definition) is 1. The van der Waals surface area contributed by atoms with E-state index < -0.39 is 0 Å². The van der Waals surface area contributed by atoms with Gasteiger partial charge in [-0.15, -0.1) is 11.3 Å². The normalized spacial score (nSPS) is 18.6. The first-order valence-electron chi connectivity index (χ1n) is 10.2. The molecule has 0 spiro atoms. The molecule has 10 heteroatoms. The molecular formula is C22H23ClFN5O2S. The molecule has 3 aromatic rings. The number of amides is 1. The van der Waals surface area contributed by atoms with Crippen LogP contribution in [0.3, 0.4) is 0 Å². The van der Waals surface area contributed by atoms with Gasteiger partial charge >= 0.3 is 0 Å². The summed E-state index contributed by atoms with van der Waals surface area (Å²) in [5.41, 5.74) is 1.15. The Morgan fingerprint density at radius 2 is 2.03 bits per heavy atom. The molecule has 32 heavy (non-hydrogen) atoms. The molecule has 0 saturated carbocycles. The molecule has 3 heterocycles. The predicted molar refractivity (Wildman–Crippen MR) is 123 cm³/mol. The number of benzene rings is 1. The zero-order valence-corrected chi connectivity index (χ0v) is 19.3. The number of aryl methyl sites for hydroxylation is 1. The van der Waals surface area contributed by atoms with Crippen molar-refractivity contribution in [1.29, 1.82) is 0 Å². The molecule has 1 amide bonds. The lowest BCUT2D eigenvalue weighted by Crippen LogP contribution is -2.54. The van der Waals surface area contributed by atoms with Gasteiger partial charge in [-0.2, -0.15) is 0 Å². The first-order chi connectivity index (χ1) is 15.5. The maximum absolute atomic E-state index is 13.7. The predicted octanol–water partition coefficient (Wildman–Crippen LogP) is 4.43. The average molecular weight is 476 g/mol. The molecule has 1 aliphatic rings. The second-order valence-corrected chi connectivity index (χ2v) is 9.15. The highest BCUT2D eigenvalue weighted by molar-refractivity contribution is 7.15. The van der Waals surface area contributed by atoms with E-state index >= 15 is 0 Å². The molecular weight excluding hydrogens is 453 g/mol. The number of carbonyl (C=O) groups is 1. The van der Waals surface area contributed by atoms with E-state index in [0.717, 1.165) is 28.3 Å². The molecule has 7 nitrogen and oxygen atoms in total. The monoisotopic (exact) mass is 475 g/mol. The van der Waals surface area contributed by atoms with Gasteiger partial charge in [0.2, 0.25) is 5.95 Å². The van der Waals surface area contributed by atoms with Gasteiger partial charge in [0, 0.05) is 20.2 Å². The number of aromatic nitrogens is 3. The number of hydrogen-bond acceptors (Lipinski definition) is 7. The second kappa shape index (κ2) is 9.89. The van der Waals surface area contributed by atoms with E-state index in [2.05, 4.69) is 20.3 Å². The highest BCUT2D eigenvalue weighted by atomic mass is 35.5. The standard InChI is InChI=1S/C22H23ClFN5O2S/c1-13-28-19(20(32-13)14-5-7-16(24)8-6-14)21(30)29-9-3-4-18(31-2)17(29)12-27-22-25-10-15(23)11-26-22/h5-8,10-11,17-18H,3-4,9,12H2,1-2H3,(H,25,26,27). The van der Waals surface area contributed by atoms with Crippen molar-refractivity contribution < 1.29 is 13.9 Å². The molecule has 168 valence electrons. The van der Waals surface area contributed by atoms with E-state index in [1.54, 1.807) is 19.2 Å². The Balaban J connectivity index is 1.60. The second-order valence-electron chi connectivity index (χ2n) is 7.51. The number of nitrogens with one attached hydrogen (secondary N) is 1. The number of likely N-dealkylation sites (tertiary alicyclic amines) is 1. The maximum atomic E-state index is 13.7. The Labute approximate surface area is 194 Å². The van der Waals surface area contributed by atoms with Crippen LogP contribution in [0.2, 0.25) is 5.02 Å². The third-order valence-electron chi connectivity index (χ3n) is 5.41. The van der Waals surface area contributed by atoms with Gasteiger partial charge in [0.25, 0.3) is 5.91 Å². The molecule has 4 rings (SSSR count). The van der Waals surface area contributed by atoms with Gasteiger partial charge in [0.15, 0.2) is 0 Å². The van der Waals surface area contributed by atoms with Crippen molar-refractivity contribution in [2.75, 3.05) is 25.5 Å². The van der Waals surface area contributed by atoms with Crippen LogP contribution >= 0.6 is 22.9 Å². The molecule has 1 saturated heterocycles. The molecule has 2 aromatic heterocycles. The van der Waals surface area contributed by atoms with Crippen molar-refractivity contribution in [3.63, 3.8) is 0 Å². The summed E-state index contributed by atoms with van der Waals surface area (Å²) in [7, 11) is 1.65. The fourth-order valence-corrected chi connectivity index (χ4v) is 4.91. The fraction of sp³-hybridized carbons (Fsp3) is 0.364. The fourth-order valence-electron chi connectivity index (χ4n) is 3.89. The van der Waals surface area contributed by atoms with Crippen molar-refractivity contribution in [2.24, 2.45) is 0 Å². The molecule has 1 fully saturated rings. The summed E-state index contributed by atoms with van der Waals surface area (Å²) in [6.45, 7) is 2.87. The Bertz CT molecular complexity index is 1080. The minimum atomic E-state index is -0.322. The number of carbonyl (C=O) groups excluding carboxylic acids is 1. The molecule has 2 atom stereocenters. The average Bonchev–Trinajstić information content (AvgIpc) is 3.20. The molecule has 0 bridgehead atoms. The molecule has 0 aliphatic carbocycles. The van der Waals surface area contributed by atoms with E-state index in [-0.39, 0.29) is 23.9 Å². The van der Waals surface area contributed by atoms with Gasteiger partial charge in [-0.3, -0.25) is 4.79 Å². The summed E-state index contributed by atoms with van der Waals surface area (Å²) >= 11 is 7.29. The minimum Gasteiger partial charge on any atom is -0.379 e. The van der Waals surface area contributed by atoms with Gasteiger partial charge in [0.05, 0.1) is 39.4 Å². The smallest absolute Gasteiger partial charge is 0.274 e. The molecule has 1 aromatic carbocycles. The Hall–Kier alpha value is -2.62. The summed E-state index contributed by atoms with van der Waals surface area (Å²) in [6, 6.07) is 5.89. The van der Waals surface area contributed by atoms with Crippen molar-refractivity contribution in [2.45, 2.75) is 31.9 Å². The molecule has 2 unspecified atom stereocenters. The summed E-state index contributed by atoms with van der Waals surface area (Å²) in [5.74, 6) is -0.0598. The van der Waals surface area contributed by atoms with Crippen molar-refractivity contribution in [3.8, 4) is 10.4 Å². The van der Waals surface area contributed by atoms with Crippen molar-refractivity contribution in [3.05, 3.63) is 58.2 Å². The van der Waals surface area contributed by atoms with Gasteiger partial charge in [-0.1, -0.05) is 23.7 Å². The quantitative estimate of drug-likeness (QED) is 0.568. The Morgan fingerprint density at radius 1 is 1.31 bits per heavy atom.